The molecule has 1 aliphatic rings. The van der Waals surface area contributed by atoms with E-state index in [-0.39, 0.29) is 12.0 Å². The van der Waals surface area contributed by atoms with E-state index >= 15 is 0 Å². The molecule has 4 nitrogen and oxygen atoms in total. The molecule has 4 heteroatoms. The fraction of sp³-hybridized carbons (Fsp3) is 0.263. The van der Waals surface area contributed by atoms with E-state index in [1.807, 2.05) is 53.4 Å². The number of ether oxygens (including phenoxy) is 1. The van der Waals surface area contributed by atoms with Crippen molar-refractivity contribution in [2.45, 2.75) is 18.9 Å². The predicted octanol–water partition coefficient (Wildman–Crippen LogP) is 3.16. The quantitative estimate of drug-likeness (QED) is 0.815. The fourth-order valence-electron chi connectivity index (χ4n) is 2.68. The number of amides is 1. The van der Waals surface area contributed by atoms with Crippen LogP contribution >= 0.6 is 0 Å². The van der Waals surface area contributed by atoms with Crippen LogP contribution in [-0.4, -0.2) is 35.0 Å². The summed E-state index contributed by atoms with van der Waals surface area (Å²) in [4.78, 5) is 18.2. The number of aromatic nitrogens is 1. The highest BCUT2D eigenvalue weighted by molar-refractivity contribution is 5.91. The molecule has 23 heavy (non-hydrogen) atoms. The average molecular weight is 308 g/mol. The lowest BCUT2D eigenvalue weighted by molar-refractivity contribution is -0.128. The first-order valence-corrected chi connectivity index (χ1v) is 7.90. The van der Waals surface area contributed by atoms with Gasteiger partial charge >= 0.3 is 0 Å². The summed E-state index contributed by atoms with van der Waals surface area (Å²) in [6, 6.07) is 13.5. The molecule has 0 bridgehead atoms. The Balaban J connectivity index is 1.57. The molecule has 1 atom stereocenters. The molecule has 1 unspecified atom stereocenters. The Morgan fingerprint density at radius 3 is 2.74 bits per heavy atom. The summed E-state index contributed by atoms with van der Waals surface area (Å²) in [6.07, 6.45) is 8.89. The summed E-state index contributed by atoms with van der Waals surface area (Å²) in [5, 5.41) is 0. The molecule has 1 aliphatic heterocycles. The second-order valence-electron chi connectivity index (χ2n) is 5.59. The number of pyridine rings is 1. The molecule has 1 aromatic carbocycles. The van der Waals surface area contributed by atoms with Gasteiger partial charge in [0.05, 0.1) is 6.54 Å². The zero-order chi connectivity index (χ0) is 15.9. The van der Waals surface area contributed by atoms with Crippen LogP contribution in [0.5, 0.6) is 5.75 Å². The molecule has 1 aromatic heterocycles. The maximum absolute atomic E-state index is 12.3. The summed E-state index contributed by atoms with van der Waals surface area (Å²) in [6.45, 7) is 1.41. The maximum Gasteiger partial charge on any atom is 0.246 e. The Kier molecular flexibility index (Phi) is 5.04. The van der Waals surface area contributed by atoms with Crippen LogP contribution in [0.3, 0.4) is 0 Å². The molecule has 1 amide bonds. The summed E-state index contributed by atoms with van der Waals surface area (Å²) in [5.41, 5.74) is 1.03. The highest BCUT2D eigenvalue weighted by Crippen LogP contribution is 2.18. The molecule has 0 N–H and O–H groups in total. The van der Waals surface area contributed by atoms with Gasteiger partial charge in [-0.05, 0) is 36.6 Å². The number of carbonyl (C=O) groups is 1. The van der Waals surface area contributed by atoms with Crippen LogP contribution < -0.4 is 4.74 Å². The summed E-state index contributed by atoms with van der Waals surface area (Å²) >= 11 is 0. The van der Waals surface area contributed by atoms with E-state index in [0.717, 1.165) is 30.7 Å². The molecule has 2 heterocycles. The van der Waals surface area contributed by atoms with Gasteiger partial charge in [0.2, 0.25) is 5.91 Å². The van der Waals surface area contributed by atoms with Gasteiger partial charge in [-0.2, -0.15) is 0 Å². The van der Waals surface area contributed by atoms with E-state index in [1.165, 1.54) is 0 Å². The standard InChI is InChI=1S/C19H20N2O2/c22-19(9-8-16-5-2-1-3-6-16)21-14-4-7-18(15-21)23-17-10-12-20-13-11-17/h1-3,5-6,8-13,18H,4,7,14-15H2/b9-8+. The first-order valence-electron chi connectivity index (χ1n) is 7.90. The number of benzene rings is 1. The van der Waals surface area contributed by atoms with Gasteiger partial charge in [0, 0.05) is 25.0 Å². The minimum atomic E-state index is 0.0388. The molecule has 0 radical (unpaired) electrons. The van der Waals surface area contributed by atoms with E-state index in [0.29, 0.717) is 6.54 Å². The van der Waals surface area contributed by atoms with Crippen LogP contribution in [0.4, 0.5) is 0 Å². The number of likely N-dealkylation sites (tertiary alicyclic amines) is 1. The van der Waals surface area contributed by atoms with Gasteiger partial charge in [0.1, 0.15) is 11.9 Å². The summed E-state index contributed by atoms with van der Waals surface area (Å²) < 4.78 is 5.94. The van der Waals surface area contributed by atoms with E-state index in [4.69, 9.17) is 4.74 Å². The minimum absolute atomic E-state index is 0.0388. The number of carbonyl (C=O) groups excluding carboxylic acids is 1. The number of hydrogen-bond acceptors (Lipinski definition) is 3. The van der Waals surface area contributed by atoms with Gasteiger partial charge in [-0.1, -0.05) is 30.3 Å². The average Bonchev–Trinajstić information content (AvgIpc) is 2.62. The van der Waals surface area contributed by atoms with Gasteiger partial charge in [-0.25, -0.2) is 0 Å². The van der Waals surface area contributed by atoms with Crippen LogP contribution in [0.15, 0.2) is 60.9 Å². The molecule has 1 fully saturated rings. The Morgan fingerprint density at radius 1 is 1.17 bits per heavy atom. The van der Waals surface area contributed by atoms with Crippen molar-refractivity contribution in [3.05, 3.63) is 66.5 Å². The van der Waals surface area contributed by atoms with E-state index in [1.54, 1.807) is 18.5 Å². The normalized spacial score (nSPS) is 18.1. The van der Waals surface area contributed by atoms with E-state index in [9.17, 15) is 4.79 Å². The molecule has 0 aliphatic carbocycles. The lowest BCUT2D eigenvalue weighted by atomic mass is 10.1. The molecule has 2 aromatic rings. The molecule has 118 valence electrons. The fourth-order valence-corrected chi connectivity index (χ4v) is 2.68. The Bertz CT molecular complexity index is 656. The maximum atomic E-state index is 12.3. The highest BCUT2D eigenvalue weighted by atomic mass is 16.5. The molecular weight excluding hydrogens is 288 g/mol. The number of nitrogens with zero attached hydrogens (tertiary/aromatic N) is 2. The first kappa shape index (κ1) is 15.3. The smallest absolute Gasteiger partial charge is 0.246 e. The van der Waals surface area contributed by atoms with Crippen molar-refractivity contribution >= 4 is 12.0 Å². The van der Waals surface area contributed by atoms with Crippen molar-refractivity contribution in [2.75, 3.05) is 13.1 Å². The lowest BCUT2D eigenvalue weighted by Crippen LogP contribution is -2.43. The number of hydrogen-bond donors (Lipinski definition) is 0. The van der Waals surface area contributed by atoms with Gasteiger partial charge in [-0.15, -0.1) is 0 Å². The lowest BCUT2D eigenvalue weighted by Gasteiger charge is -2.32. The second-order valence-corrected chi connectivity index (χ2v) is 5.59. The third-order valence-corrected chi connectivity index (χ3v) is 3.86. The molecule has 1 saturated heterocycles. The Morgan fingerprint density at radius 2 is 1.96 bits per heavy atom. The minimum Gasteiger partial charge on any atom is -0.488 e. The van der Waals surface area contributed by atoms with Crippen molar-refractivity contribution in [3.8, 4) is 5.75 Å². The van der Waals surface area contributed by atoms with Crippen molar-refractivity contribution < 1.29 is 9.53 Å². The number of rotatable bonds is 4. The first-order chi connectivity index (χ1) is 11.3. The van der Waals surface area contributed by atoms with Gasteiger partial charge < -0.3 is 9.64 Å². The van der Waals surface area contributed by atoms with Gasteiger partial charge in [0.15, 0.2) is 0 Å². The SMILES string of the molecule is O=C(/C=C/c1ccccc1)N1CCCC(Oc2ccncc2)C1. The van der Waals surface area contributed by atoms with Crippen molar-refractivity contribution in [1.29, 1.82) is 0 Å². The number of piperidine rings is 1. The molecule has 0 saturated carbocycles. The second kappa shape index (κ2) is 7.58. The summed E-state index contributed by atoms with van der Waals surface area (Å²) in [7, 11) is 0. The van der Waals surface area contributed by atoms with Gasteiger partial charge in [0.25, 0.3) is 0 Å². The van der Waals surface area contributed by atoms with E-state index in [2.05, 4.69) is 4.98 Å². The highest BCUT2D eigenvalue weighted by Gasteiger charge is 2.23. The Hall–Kier alpha value is -2.62. The van der Waals surface area contributed by atoms with Crippen LogP contribution in [0, 0.1) is 0 Å². The van der Waals surface area contributed by atoms with Crippen molar-refractivity contribution in [2.24, 2.45) is 0 Å². The zero-order valence-corrected chi connectivity index (χ0v) is 13.0. The van der Waals surface area contributed by atoms with Gasteiger partial charge in [-0.3, -0.25) is 9.78 Å². The molecular formula is C19H20N2O2. The van der Waals surface area contributed by atoms with Crippen LogP contribution in [0.2, 0.25) is 0 Å². The van der Waals surface area contributed by atoms with Crippen molar-refractivity contribution in [1.82, 2.24) is 9.88 Å². The molecule has 0 spiro atoms. The monoisotopic (exact) mass is 308 g/mol. The van der Waals surface area contributed by atoms with Crippen LogP contribution in [-0.2, 0) is 4.79 Å². The predicted molar refractivity (Wildman–Crippen MR) is 89.9 cm³/mol. The topological polar surface area (TPSA) is 42.4 Å². The third-order valence-electron chi connectivity index (χ3n) is 3.86. The molecule has 3 rings (SSSR count). The zero-order valence-electron chi connectivity index (χ0n) is 13.0. The van der Waals surface area contributed by atoms with Crippen molar-refractivity contribution in [3.63, 3.8) is 0 Å². The summed E-state index contributed by atoms with van der Waals surface area (Å²) in [5.74, 6) is 0.844. The van der Waals surface area contributed by atoms with Crippen LogP contribution in [0.1, 0.15) is 18.4 Å². The van der Waals surface area contributed by atoms with Crippen LogP contribution in [0.25, 0.3) is 6.08 Å². The Labute approximate surface area is 136 Å². The largest absolute Gasteiger partial charge is 0.488 e. The third kappa shape index (κ3) is 4.42. The van der Waals surface area contributed by atoms with E-state index < -0.39 is 0 Å².